The minimum absolute atomic E-state index is 0.370. The summed E-state index contributed by atoms with van der Waals surface area (Å²) in [5, 5.41) is 17.6. The van der Waals surface area contributed by atoms with Crippen molar-refractivity contribution in [2.75, 3.05) is 0 Å². The number of nitrogens with two attached hydrogens (primary N) is 1. The Morgan fingerprint density at radius 3 is 2.00 bits per heavy atom. The SMILES string of the molecule is NC(=O)n1c(O)ccc1O. The third kappa shape index (κ3) is 0.771. The van der Waals surface area contributed by atoms with Crippen LogP contribution in [0.2, 0.25) is 0 Å². The Hall–Kier alpha value is -1.65. The predicted octanol–water partition coefficient (Wildman–Crippen LogP) is -0.174. The third-order valence-electron chi connectivity index (χ3n) is 1.06. The van der Waals surface area contributed by atoms with Gasteiger partial charge in [-0.05, 0) is 0 Å². The Morgan fingerprint density at radius 1 is 1.40 bits per heavy atom. The molecule has 0 aliphatic heterocycles. The maximum Gasteiger partial charge on any atom is 0.328 e. The van der Waals surface area contributed by atoms with Gasteiger partial charge in [0.1, 0.15) is 0 Å². The molecule has 0 spiro atoms. The van der Waals surface area contributed by atoms with E-state index < -0.39 is 6.03 Å². The fourth-order valence-electron chi connectivity index (χ4n) is 0.641. The molecule has 0 bridgehead atoms. The van der Waals surface area contributed by atoms with Crippen molar-refractivity contribution in [3.05, 3.63) is 12.1 Å². The second-order valence-electron chi connectivity index (χ2n) is 1.72. The molecule has 1 rings (SSSR count). The van der Waals surface area contributed by atoms with E-state index in [1.54, 1.807) is 0 Å². The zero-order chi connectivity index (χ0) is 7.72. The number of primary amides is 1. The Balaban J connectivity index is 3.23. The minimum atomic E-state index is -0.917. The van der Waals surface area contributed by atoms with Gasteiger partial charge in [0.25, 0.3) is 0 Å². The summed E-state index contributed by atoms with van der Waals surface area (Å²) in [4.78, 5) is 10.4. The Labute approximate surface area is 56.3 Å². The van der Waals surface area contributed by atoms with Gasteiger partial charge in [0, 0.05) is 12.1 Å². The summed E-state index contributed by atoms with van der Waals surface area (Å²) in [6, 6.07) is 1.42. The smallest absolute Gasteiger partial charge is 0.328 e. The average Bonchev–Trinajstić information content (AvgIpc) is 2.11. The molecule has 0 atom stereocenters. The summed E-state index contributed by atoms with van der Waals surface area (Å²) >= 11 is 0. The van der Waals surface area contributed by atoms with Crippen molar-refractivity contribution >= 4 is 6.03 Å². The first kappa shape index (κ1) is 6.47. The normalized spacial score (nSPS) is 9.60. The summed E-state index contributed by atoms with van der Waals surface area (Å²) in [6.07, 6.45) is 0. The molecule has 0 aliphatic carbocycles. The van der Waals surface area contributed by atoms with Gasteiger partial charge in [-0.15, -0.1) is 0 Å². The third-order valence-corrected chi connectivity index (χ3v) is 1.06. The van der Waals surface area contributed by atoms with Crippen LogP contribution in [0.1, 0.15) is 0 Å². The van der Waals surface area contributed by atoms with Crippen molar-refractivity contribution in [3.63, 3.8) is 0 Å². The van der Waals surface area contributed by atoms with Gasteiger partial charge >= 0.3 is 6.03 Å². The lowest BCUT2D eigenvalue weighted by molar-refractivity contribution is 0.244. The molecule has 1 aromatic rings. The minimum Gasteiger partial charge on any atom is -0.494 e. The van der Waals surface area contributed by atoms with Crippen LogP contribution in [0.4, 0.5) is 4.79 Å². The average molecular weight is 142 g/mol. The summed E-state index contributed by atoms with van der Waals surface area (Å²) in [5.41, 5.74) is 4.76. The van der Waals surface area contributed by atoms with Crippen LogP contribution in [0.15, 0.2) is 12.1 Å². The van der Waals surface area contributed by atoms with Crippen molar-refractivity contribution in [3.8, 4) is 11.8 Å². The zero-order valence-corrected chi connectivity index (χ0v) is 4.98. The largest absolute Gasteiger partial charge is 0.494 e. The van der Waals surface area contributed by atoms with Crippen LogP contribution in [0.25, 0.3) is 0 Å². The van der Waals surface area contributed by atoms with E-state index in [4.69, 9.17) is 15.9 Å². The Kier molecular flexibility index (Phi) is 1.26. The van der Waals surface area contributed by atoms with Gasteiger partial charge in [-0.2, -0.15) is 0 Å². The lowest BCUT2D eigenvalue weighted by atomic mass is 10.6. The van der Waals surface area contributed by atoms with Crippen molar-refractivity contribution in [2.45, 2.75) is 0 Å². The number of carbonyl (C=O) groups excluding carboxylic acids is 1. The summed E-state index contributed by atoms with van der Waals surface area (Å²) in [7, 11) is 0. The maximum absolute atomic E-state index is 10.4. The molecule has 0 fully saturated rings. The van der Waals surface area contributed by atoms with E-state index in [0.29, 0.717) is 4.57 Å². The summed E-state index contributed by atoms with van der Waals surface area (Å²) in [5.74, 6) is -0.741. The van der Waals surface area contributed by atoms with E-state index in [-0.39, 0.29) is 11.8 Å². The van der Waals surface area contributed by atoms with Crippen LogP contribution in [0.3, 0.4) is 0 Å². The van der Waals surface area contributed by atoms with Gasteiger partial charge in [-0.3, -0.25) is 0 Å². The summed E-state index contributed by atoms with van der Waals surface area (Å²) < 4.78 is 0.583. The van der Waals surface area contributed by atoms with Gasteiger partial charge < -0.3 is 15.9 Å². The molecule has 4 N–H and O–H groups in total. The zero-order valence-electron chi connectivity index (χ0n) is 4.98. The maximum atomic E-state index is 10.4. The number of hydrogen-bond donors (Lipinski definition) is 3. The number of hydrogen-bond acceptors (Lipinski definition) is 3. The monoisotopic (exact) mass is 142 g/mol. The number of aromatic nitrogens is 1. The lowest BCUT2D eigenvalue weighted by Crippen LogP contribution is -2.18. The molecule has 0 saturated carbocycles. The van der Waals surface area contributed by atoms with Crippen molar-refractivity contribution in [1.29, 1.82) is 0 Å². The molecule has 0 radical (unpaired) electrons. The van der Waals surface area contributed by atoms with E-state index >= 15 is 0 Å². The number of amides is 1. The molecule has 0 aliphatic rings. The first-order valence-electron chi connectivity index (χ1n) is 2.52. The van der Waals surface area contributed by atoms with Crippen LogP contribution >= 0.6 is 0 Å². The molecule has 5 nitrogen and oxygen atoms in total. The van der Waals surface area contributed by atoms with E-state index in [1.165, 1.54) is 12.1 Å². The van der Waals surface area contributed by atoms with Crippen molar-refractivity contribution in [1.82, 2.24) is 4.57 Å². The van der Waals surface area contributed by atoms with Gasteiger partial charge in [0.15, 0.2) is 0 Å². The Morgan fingerprint density at radius 2 is 1.80 bits per heavy atom. The molecule has 54 valence electrons. The number of aromatic hydroxyl groups is 2. The van der Waals surface area contributed by atoms with Crippen LogP contribution in [-0.4, -0.2) is 20.8 Å². The van der Waals surface area contributed by atoms with Crippen LogP contribution in [-0.2, 0) is 0 Å². The predicted molar refractivity (Wildman–Crippen MR) is 32.7 cm³/mol. The highest BCUT2D eigenvalue weighted by molar-refractivity contribution is 5.78. The lowest BCUT2D eigenvalue weighted by Gasteiger charge is -1.97. The van der Waals surface area contributed by atoms with E-state index in [0.717, 1.165) is 0 Å². The molecule has 1 aromatic heterocycles. The second-order valence-corrected chi connectivity index (χ2v) is 1.72. The molecule has 0 aromatic carbocycles. The summed E-state index contributed by atoms with van der Waals surface area (Å²) in [6.45, 7) is 0. The van der Waals surface area contributed by atoms with Gasteiger partial charge in [-0.1, -0.05) is 0 Å². The van der Waals surface area contributed by atoms with Gasteiger partial charge in [0.2, 0.25) is 11.8 Å². The van der Waals surface area contributed by atoms with E-state index in [1.807, 2.05) is 0 Å². The highest BCUT2D eigenvalue weighted by atomic mass is 16.3. The molecule has 5 heteroatoms. The van der Waals surface area contributed by atoms with Gasteiger partial charge in [0.05, 0.1) is 0 Å². The van der Waals surface area contributed by atoms with Gasteiger partial charge in [-0.25, -0.2) is 9.36 Å². The fraction of sp³-hybridized carbons (Fsp3) is 0. The first-order valence-corrected chi connectivity index (χ1v) is 2.52. The molecule has 1 heterocycles. The van der Waals surface area contributed by atoms with Crippen LogP contribution < -0.4 is 5.73 Å². The number of nitrogens with zero attached hydrogens (tertiary/aromatic N) is 1. The second kappa shape index (κ2) is 1.94. The van der Waals surface area contributed by atoms with E-state index in [9.17, 15) is 4.79 Å². The van der Waals surface area contributed by atoms with Crippen molar-refractivity contribution < 1.29 is 15.0 Å². The Bertz CT molecular complexity index is 246. The van der Waals surface area contributed by atoms with Crippen molar-refractivity contribution in [2.24, 2.45) is 5.73 Å². The van der Waals surface area contributed by atoms with Crippen LogP contribution in [0.5, 0.6) is 11.8 Å². The molecule has 0 saturated heterocycles. The molecule has 10 heavy (non-hydrogen) atoms. The molecular formula is C5H6N2O3. The number of rotatable bonds is 0. The topological polar surface area (TPSA) is 88.5 Å². The first-order chi connectivity index (χ1) is 4.63. The standard InChI is InChI=1S/C5H6N2O3/c6-5(10)7-3(8)1-2-4(7)9/h1-2,8-9H,(H2,6,10). The van der Waals surface area contributed by atoms with Crippen LogP contribution in [0, 0.1) is 0 Å². The molecular weight excluding hydrogens is 136 g/mol. The fourth-order valence-corrected chi connectivity index (χ4v) is 0.641. The highest BCUT2D eigenvalue weighted by Crippen LogP contribution is 2.19. The quantitative estimate of drug-likeness (QED) is 0.469. The number of carbonyl (C=O) groups is 1. The molecule has 1 amide bonds. The molecule has 0 unspecified atom stereocenters. The van der Waals surface area contributed by atoms with E-state index in [2.05, 4.69) is 0 Å². The highest BCUT2D eigenvalue weighted by Gasteiger charge is 2.08.